The van der Waals surface area contributed by atoms with Crippen LogP contribution in [0.5, 0.6) is 0 Å². The molecule has 1 heterocycles. The second-order valence-electron chi connectivity index (χ2n) is 4.29. The summed E-state index contributed by atoms with van der Waals surface area (Å²) < 4.78 is 0. The molecule has 0 aromatic carbocycles. The Hall–Kier alpha value is -1.47. The highest BCUT2D eigenvalue weighted by Gasteiger charge is 2.23. The Morgan fingerprint density at radius 3 is 2.76 bits per heavy atom. The number of aliphatic hydroxyl groups is 1. The van der Waals surface area contributed by atoms with E-state index in [1.165, 1.54) is 0 Å². The summed E-state index contributed by atoms with van der Waals surface area (Å²) in [7, 11) is 0. The number of nitrogens with zero attached hydrogens (tertiary/aromatic N) is 3. The van der Waals surface area contributed by atoms with Crippen molar-refractivity contribution in [2.45, 2.75) is 13.8 Å². The molecule has 0 fully saturated rings. The Labute approximate surface area is 103 Å². The molecular formula is C9H13ClN4O3. The molecular weight excluding hydrogens is 248 g/mol. The summed E-state index contributed by atoms with van der Waals surface area (Å²) in [6.45, 7) is 3.91. The lowest BCUT2D eigenvalue weighted by molar-refractivity contribution is -0.384. The summed E-state index contributed by atoms with van der Waals surface area (Å²) in [5.41, 5.74) is -0.770. The van der Waals surface area contributed by atoms with Gasteiger partial charge in [0.1, 0.15) is 6.33 Å². The third-order valence-electron chi connectivity index (χ3n) is 2.12. The van der Waals surface area contributed by atoms with Gasteiger partial charge in [0, 0.05) is 18.6 Å². The van der Waals surface area contributed by atoms with Crippen LogP contribution in [0.15, 0.2) is 6.33 Å². The van der Waals surface area contributed by atoms with E-state index in [1.807, 2.05) is 13.8 Å². The molecule has 0 atom stereocenters. The van der Waals surface area contributed by atoms with Gasteiger partial charge in [-0.3, -0.25) is 10.1 Å². The van der Waals surface area contributed by atoms with E-state index in [2.05, 4.69) is 15.3 Å². The van der Waals surface area contributed by atoms with Gasteiger partial charge in [0.2, 0.25) is 11.0 Å². The van der Waals surface area contributed by atoms with Crippen LogP contribution in [0.2, 0.25) is 5.15 Å². The predicted molar refractivity (Wildman–Crippen MR) is 63.1 cm³/mol. The zero-order valence-corrected chi connectivity index (χ0v) is 10.2. The van der Waals surface area contributed by atoms with Crippen LogP contribution in [0.1, 0.15) is 13.8 Å². The molecule has 0 saturated heterocycles. The van der Waals surface area contributed by atoms with Crippen molar-refractivity contribution >= 4 is 23.1 Å². The molecule has 0 aliphatic rings. The topological polar surface area (TPSA) is 101 Å². The fourth-order valence-corrected chi connectivity index (χ4v) is 1.23. The first kappa shape index (κ1) is 13.6. The highest BCUT2D eigenvalue weighted by atomic mass is 35.5. The summed E-state index contributed by atoms with van der Waals surface area (Å²) in [4.78, 5) is 17.5. The first-order chi connectivity index (χ1) is 7.87. The second kappa shape index (κ2) is 5.24. The summed E-state index contributed by atoms with van der Waals surface area (Å²) in [5.74, 6) is 0.0523. The van der Waals surface area contributed by atoms with Crippen LogP contribution < -0.4 is 5.32 Å². The lowest BCUT2D eigenvalue weighted by atomic mass is 9.95. The molecule has 0 radical (unpaired) electrons. The molecule has 0 aliphatic carbocycles. The quantitative estimate of drug-likeness (QED) is 0.472. The Kier molecular flexibility index (Phi) is 4.19. The van der Waals surface area contributed by atoms with Crippen molar-refractivity contribution < 1.29 is 10.0 Å². The van der Waals surface area contributed by atoms with E-state index in [0.717, 1.165) is 6.33 Å². The monoisotopic (exact) mass is 260 g/mol. The number of hydrogen-bond acceptors (Lipinski definition) is 6. The minimum atomic E-state index is -0.642. The molecule has 0 amide bonds. The Balaban J connectivity index is 2.92. The molecule has 2 N–H and O–H groups in total. The van der Waals surface area contributed by atoms with Gasteiger partial charge in [0.05, 0.1) is 4.92 Å². The first-order valence-corrected chi connectivity index (χ1v) is 5.25. The zero-order chi connectivity index (χ0) is 13.1. The molecule has 7 nitrogen and oxygen atoms in total. The molecule has 0 unspecified atom stereocenters. The fourth-order valence-electron chi connectivity index (χ4n) is 1.03. The lowest BCUT2D eigenvalue weighted by Crippen LogP contribution is -2.27. The molecule has 0 spiro atoms. The van der Waals surface area contributed by atoms with Gasteiger partial charge in [0.25, 0.3) is 0 Å². The Morgan fingerprint density at radius 2 is 2.24 bits per heavy atom. The van der Waals surface area contributed by atoms with Crippen molar-refractivity contribution in [2.75, 3.05) is 18.5 Å². The van der Waals surface area contributed by atoms with Gasteiger partial charge in [-0.1, -0.05) is 25.4 Å². The van der Waals surface area contributed by atoms with Crippen molar-refractivity contribution in [3.8, 4) is 0 Å². The molecule has 0 aliphatic heterocycles. The maximum atomic E-state index is 10.8. The van der Waals surface area contributed by atoms with Crippen LogP contribution in [0.4, 0.5) is 11.5 Å². The maximum Gasteiger partial charge on any atom is 0.348 e. The van der Waals surface area contributed by atoms with Gasteiger partial charge in [-0.2, -0.15) is 0 Å². The first-order valence-electron chi connectivity index (χ1n) is 4.87. The number of anilines is 1. The highest BCUT2D eigenvalue weighted by Crippen LogP contribution is 2.29. The van der Waals surface area contributed by atoms with Crippen molar-refractivity contribution in [3.05, 3.63) is 21.6 Å². The van der Waals surface area contributed by atoms with E-state index in [9.17, 15) is 10.1 Å². The Bertz CT molecular complexity index is 425. The Morgan fingerprint density at radius 1 is 1.59 bits per heavy atom. The van der Waals surface area contributed by atoms with E-state index in [-0.39, 0.29) is 23.3 Å². The number of hydrogen-bond donors (Lipinski definition) is 2. The summed E-state index contributed by atoms with van der Waals surface area (Å²) in [5, 5.41) is 22.4. The number of nitrogens with one attached hydrogen (secondary N) is 1. The summed E-state index contributed by atoms with van der Waals surface area (Å²) >= 11 is 5.63. The smallest absolute Gasteiger partial charge is 0.348 e. The second-order valence-corrected chi connectivity index (χ2v) is 4.65. The van der Waals surface area contributed by atoms with Crippen LogP contribution in [0.25, 0.3) is 0 Å². The van der Waals surface area contributed by atoms with Gasteiger partial charge in [0.15, 0.2) is 0 Å². The average molecular weight is 261 g/mol. The van der Waals surface area contributed by atoms with Crippen molar-refractivity contribution in [3.63, 3.8) is 0 Å². The zero-order valence-electron chi connectivity index (χ0n) is 9.47. The minimum absolute atomic E-state index is 0.0490. The molecule has 17 heavy (non-hydrogen) atoms. The van der Waals surface area contributed by atoms with Crippen LogP contribution in [0.3, 0.4) is 0 Å². The summed E-state index contributed by atoms with van der Waals surface area (Å²) in [6, 6.07) is 0. The maximum absolute atomic E-state index is 10.8. The molecule has 1 aromatic rings. The lowest BCUT2D eigenvalue weighted by Gasteiger charge is -2.21. The summed E-state index contributed by atoms with van der Waals surface area (Å²) in [6.07, 6.45) is 1.14. The molecule has 94 valence electrons. The number of nitro groups is 1. The molecule has 8 heteroatoms. The standard InChI is InChI=1S/C9H13ClN4O3/c1-9(2,4-15)3-11-8-6(14(16)17)7(10)12-5-13-8/h5,15H,3-4H2,1-2H3,(H,11,12,13). The number of halogens is 1. The SMILES string of the molecule is CC(C)(CO)CNc1ncnc(Cl)c1[N+](=O)[O-]. The molecule has 1 aromatic heterocycles. The average Bonchev–Trinajstić information content (AvgIpc) is 2.26. The van der Waals surface area contributed by atoms with E-state index >= 15 is 0 Å². The van der Waals surface area contributed by atoms with Crippen LogP contribution >= 0.6 is 11.6 Å². The fraction of sp³-hybridized carbons (Fsp3) is 0.556. The number of aliphatic hydroxyl groups excluding tert-OH is 1. The van der Waals surface area contributed by atoms with Gasteiger partial charge >= 0.3 is 5.69 Å². The number of aromatic nitrogens is 2. The van der Waals surface area contributed by atoms with Gasteiger partial charge in [-0.05, 0) is 0 Å². The van der Waals surface area contributed by atoms with E-state index in [1.54, 1.807) is 0 Å². The third kappa shape index (κ3) is 3.50. The van der Waals surface area contributed by atoms with E-state index in [4.69, 9.17) is 16.7 Å². The van der Waals surface area contributed by atoms with Crippen molar-refractivity contribution in [2.24, 2.45) is 5.41 Å². The highest BCUT2D eigenvalue weighted by molar-refractivity contribution is 6.31. The molecule has 0 saturated carbocycles. The molecule has 0 bridgehead atoms. The van der Waals surface area contributed by atoms with Crippen molar-refractivity contribution in [1.29, 1.82) is 0 Å². The van der Waals surface area contributed by atoms with Gasteiger partial charge < -0.3 is 10.4 Å². The third-order valence-corrected chi connectivity index (χ3v) is 2.40. The van der Waals surface area contributed by atoms with E-state index < -0.39 is 10.3 Å². The number of rotatable bonds is 5. The minimum Gasteiger partial charge on any atom is -0.396 e. The van der Waals surface area contributed by atoms with Crippen molar-refractivity contribution in [1.82, 2.24) is 9.97 Å². The van der Waals surface area contributed by atoms with Gasteiger partial charge in [-0.15, -0.1) is 0 Å². The largest absolute Gasteiger partial charge is 0.396 e. The molecule has 1 rings (SSSR count). The van der Waals surface area contributed by atoms with Gasteiger partial charge in [-0.25, -0.2) is 9.97 Å². The van der Waals surface area contributed by atoms with Crippen LogP contribution in [0, 0.1) is 15.5 Å². The predicted octanol–water partition coefficient (Wildman–Crippen LogP) is 1.47. The van der Waals surface area contributed by atoms with Crippen LogP contribution in [-0.2, 0) is 0 Å². The van der Waals surface area contributed by atoms with E-state index in [0.29, 0.717) is 6.54 Å². The normalized spacial score (nSPS) is 11.3. The van der Waals surface area contributed by atoms with Crippen LogP contribution in [-0.4, -0.2) is 33.1 Å².